The van der Waals surface area contributed by atoms with Crippen LogP contribution in [0.5, 0.6) is 17.2 Å². The summed E-state index contributed by atoms with van der Waals surface area (Å²) in [6.45, 7) is 5.82. The van der Waals surface area contributed by atoms with Crippen molar-refractivity contribution in [1.82, 2.24) is 4.90 Å². The maximum atomic E-state index is 13.2. The Bertz CT molecular complexity index is 826. The van der Waals surface area contributed by atoms with Gasteiger partial charge in [0.05, 0.1) is 14.2 Å². The molecule has 1 saturated heterocycles. The van der Waals surface area contributed by atoms with Crippen LogP contribution in [-0.2, 0) is 6.61 Å². The molecule has 1 heterocycles. The van der Waals surface area contributed by atoms with E-state index >= 15 is 0 Å². The predicted molar refractivity (Wildman–Crippen MR) is 113 cm³/mol. The van der Waals surface area contributed by atoms with Gasteiger partial charge in [-0.15, -0.1) is 0 Å². The number of nitrogens with zero attached hydrogens (tertiary/aromatic N) is 1. The number of likely N-dealkylation sites (tertiary alicyclic amines) is 1. The lowest BCUT2D eigenvalue weighted by Gasteiger charge is -2.42. The number of hydrogen-bond donors (Lipinski definition) is 1. The van der Waals surface area contributed by atoms with Crippen LogP contribution in [0.4, 0.5) is 0 Å². The van der Waals surface area contributed by atoms with E-state index in [1.165, 1.54) is 0 Å². The van der Waals surface area contributed by atoms with E-state index in [0.717, 1.165) is 12.0 Å². The largest absolute Gasteiger partial charge is 0.493 e. The summed E-state index contributed by atoms with van der Waals surface area (Å²) >= 11 is 0. The summed E-state index contributed by atoms with van der Waals surface area (Å²) in [5.41, 5.74) is 7.63. The van der Waals surface area contributed by atoms with Crippen molar-refractivity contribution in [3.63, 3.8) is 0 Å². The van der Waals surface area contributed by atoms with Crippen molar-refractivity contribution in [3.8, 4) is 17.2 Å². The second kappa shape index (κ2) is 8.74. The van der Waals surface area contributed by atoms with Gasteiger partial charge in [-0.05, 0) is 29.5 Å². The van der Waals surface area contributed by atoms with Crippen LogP contribution < -0.4 is 19.9 Å². The van der Waals surface area contributed by atoms with Gasteiger partial charge >= 0.3 is 0 Å². The number of methoxy groups -OCH3 is 2. The maximum absolute atomic E-state index is 13.2. The molecule has 0 aromatic heterocycles. The molecule has 2 aromatic carbocycles. The van der Waals surface area contributed by atoms with Gasteiger partial charge in [0, 0.05) is 24.7 Å². The van der Waals surface area contributed by atoms with E-state index in [4.69, 9.17) is 19.9 Å². The number of carbonyl (C=O) groups is 1. The number of hydrogen-bond acceptors (Lipinski definition) is 5. The van der Waals surface area contributed by atoms with Gasteiger partial charge in [-0.3, -0.25) is 4.79 Å². The van der Waals surface area contributed by atoms with Crippen LogP contribution in [0, 0.1) is 5.41 Å². The SMILES string of the molecule is COc1cc(C(=O)N2CCC(N)C(C)(C)C2)cc(OC)c1OCc1ccccc1. The van der Waals surface area contributed by atoms with E-state index in [2.05, 4.69) is 13.8 Å². The average Bonchev–Trinajstić information content (AvgIpc) is 2.73. The topological polar surface area (TPSA) is 74.0 Å². The Labute approximate surface area is 172 Å². The molecular formula is C23H30N2O4. The van der Waals surface area contributed by atoms with E-state index in [-0.39, 0.29) is 17.4 Å². The standard InChI is InChI=1S/C23H30N2O4/c1-23(2)15-25(11-10-20(23)24)22(26)17-12-18(27-3)21(19(13-17)28-4)29-14-16-8-6-5-7-9-16/h5-9,12-13,20H,10-11,14-15,24H2,1-4H3. The third kappa shape index (κ3) is 4.65. The normalized spacial score (nSPS) is 18.2. The summed E-state index contributed by atoms with van der Waals surface area (Å²) in [5, 5.41) is 0. The summed E-state index contributed by atoms with van der Waals surface area (Å²) in [7, 11) is 3.11. The minimum absolute atomic E-state index is 0.0591. The molecule has 1 aliphatic rings. The molecule has 1 unspecified atom stereocenters. The molecule has 0 radical (unpaired) electrons. The lowest BCUT2D eigenvalue weighted by atomic mass is 9.79. The van der Waals surface area contributed by atoms with Gasteiger partial charge in [0.25, 0.3) is 5.91 Å². The molecule has 0 saturated carbocycles. The van der Waals surface area contributed by atoms with Gasteiger partial charge in [-0.25, -0.2) is 0 Å². The van der Waals surface area contributed by atoms with Gasteiger partial charge in [-0.2, -0.15) is 0 Å². The summed E-state index contributed by atoms with van der Waals surface area (Å²) in [5.74, 6) is 1.36. The fourth-order valence-corrected chi connectivity index (χ4v) is 3.61. The molecule has 0 spiro atoms. The van der Waals surface area contributed by atoms with Gasteiger partial charge in [0.15, 0.2) is 11.5 Å². The van der Waals surface area contributed by atoms with Crippen molar-refractivity contribution < 1.29 is 19.0 Å². The first-order valence-electron chi connectivity index (χ1n) is 9.83. The zero-order valence-corrected chi connectivity index (χ0v) is 17.6. The second-order valence-electron chi connectivity index (χ2n) is 8.09. The highest BCUT2D eigenvalue weighted by Gasteiger charge is 2.36. The highest BCUT2D eigenvalue weighted by molar-refractivity contribution is 5.95. The van der Waals surface area contributed by atoms with Crippen LogP contribution in [0.2, 0.25) is 0 Å². The number of benzene rings is 2. The van der Waals surface area contributed by atoms with Gasteiger partial charge in [-0.1, -0.05) is 44.2 Å². The highest BCUT2D eigenvalue weighted by atomic mass is 16.5. The quantitative estimate of drug-likeness (QED) is 0.806. The third-order valence-corrected chi connectivity index (χ3v) is 5.53. The fraction of sp³-hybridized carbons (Fsp3) is 0.435. The van der Waals surface area contributed by atoms with Gasteiger partial charge in [0.1, 0.15) is 6.61 Å². The molecule has 1 fully saturated rings. The molecule has 6 nitrogen and oxygen atoms in total. The Kier molecular flexibility index (Phi) is 6.33. The van der Waals surface area contributed by atoms with E-state index < -0.39 is 0 Å². The Hall–Kier alpha value is -2.73. The molecule has 1 amide bonds. The van der Waals surface area contributed by atoms with Crippen LogP contribution in [0.15, 0.2) is 42.5 Å². The lowest BCUT2D eigenvalue weighted by molar-refractivity contribution is 0.0532. The summed E-state index contributed by atoms with van der Waals surface area (Å²) in [6.07, 6.45) is 0.783. The molecular weight excluding hydrogens is 368 g/mol. The van der Waals surface area contributed by atoms with Crippen molar-refractivity contribution in [1.29, 1.82) is 0 Å². The molecule has 1 aliphatic heterocycles. The van der Waals surface area contributed by atoms with Crippen LogP contribution in [-0.4, -0.2) is 44.2 Å². The number of nitrogens with two attached hydrogens (primary N) is 1. The number of rotatable bonds is 6. The van der Waals surface area contributed by atoms with Crippen molar-refractivity contribution in [2.45, 2.75) is 32.9 Å². The molecule has 0 aliphatic carbocycles. The number of piperidine rings is 1. The van der Waals surface area contributed by atoms with E-state index in [9.17, 15) is 4.79 Å². The van der Waals surface area contributed by atoms with Crippen LogP contribution in [0.25, 0.3) is 0 Å². The fourth-order valence-electron chi connectivity index (χ4n) is 3.61. The Morgan fingerprint density at radius 2 is 1.76 bits per heavy atom. The minimum atomic E-state index is -0.124. The van der Waals surface area contributed by atoms with Crippen molar-refractivity contribution in [2.24, 2.45) is 11.1 Å². The molecule has 29 heavy (non-hydrogen) atoms. The Balaban J connectivity index is 1.84. The Morgan fingerprint density at radius 3 is 2.31 bits per heavy atom. The van der Waals surface area contributed by atoms with E-state index in [0.29, 0.717) is 42.5 Å². The zero-order chi connectivity index (χ0) is 21.0. The smallest absolute Gasteiger partial charge is 0.254 e. The first kappa shape index (κ1) is 21.0. The molecule has 156 valence electrons. The van der Waals surface area contributed by atoms with Crippen LogP contribution in [0.3, 0.4) is 0 Å². The Morgan fingerprint density at radius 1 is 1.14 bits per heavy atom. The monoisotopic (exact) mass is 398 g/mol. The number of amides is 1. The molecule has 2 N–H and O–H groups in total. The molecule has 6 heteroatoms. The summed E-state index contributed by atoms with van der Waals surface area (Å²) < 4.78 is 17.0. The van der Waals surface area contributed by atoms with E-state index in [1.54, 1.807) is 26.4 Å². The molecule has 3 rings (SSSR count). The molecule has 2 aromatic rings. The average molecular weight is 399 g/mol. The van der Waals surface area contributed by atoms with Crippen molar-refractivity contribution in [2.75, 3.05) is 27.3 Å². The predicted octanol–water partition coefficient (Wildman–Crippen LogP) is 3.48. The van der Waals surface area contributed by atoms with Crippen LogP contribution >= 0.6 is 0 Å². The third-order valence-electron chi connectivity index (χ3n) is 5.53. The van der Waals surface area contributed by atoms with Gasteiger partial charge < -0.3 is 24.8 Å². The van der Waals surface area contributed by atoms with Gasteiger partial charge in [0.2, 0.25) is 5.75 Å². The number of carbonyl (C=O) groups excluding carboxylic acids is 1. The first-order valence-corrected chi connectivity index (χ1v) is 9.83. The summed E-state index contributed by atoms with van der Waals surface area (Å²) in [4.78, 5) is 15.0. The van der Waals surface area contributed by atoms with E-state index in [1.807, 2.05) is 35.2 Å². The number of ether oxygens (including phenoxy) is 3. The van der Waals surface area contributed by atoms with Crippen molar-refractivity contribution in [3.05, 3.63) is 53.6 Å². The van der Waals surface area contributed by atoms with Crippen molar-refractivity contribution >= 4 is 5.91 Å². The summed E-state index contributed by atoms with van der Waals surface area (Å²) in [6, 6.07) is 13.4. The molecule has 0 bridgehead atoms. The first-order chi connectivity index (χ1) is 13.9. The van der Waals surface area contributed by atoms with Crippen LogP contribution in [0.1, 0.15) is 36.2 Å². The maximum Gasteiger partial charge on any atom is 0.254 e. The minimum Gasteiger partial charge on any atom is -0.493 e. The molecule has 1 atom stereocenters. The second-order valence-corrected chi connectivity index (χ2v) is 8.09. The lowest BCUT2D eigenvalue weighted by Crippen LogP contribution is -2.54. The highest BCUT2D eigenvalue weighted by Crippen LogP contribution is 2.40. The zero-order valence-electron chi connectivity index (χ0n) is 17.6.